The highest BCUT2D eigenvalue weighted by molar-refractivity contribution is 5.79. The number of carbonyl (C=O) groups is 1. The lowest BCUT2D eigenvalue weighted by molar-refractivity contribution is -0.384. The molecule has 6 nitrogen and oxygen atoms in total. The summed E-state index contributed by atoms with van der Waals surface area (Å²) in [7, 11) is 0. The Balaban J connectivity index is 2.03. The molecule has 1 aliphatic rings. The molecule has 6 heteroatoms. The maximum Gasteiger partial charge on any atom is 0.269 e. The monoisotopic (exact) mass is 301 g/mol. The fraction of sp³-hybridized carbons (Fsp3) is 0.500. The molecule has 0 spiro atoms. The topological polar surface area (TPSA) is 87.2 Å². The van der Waals surface area contributed by atoms with Crippen LogP contribution in [-0.2, 0) is 11.2 Å². The number of nitro benzene ring substituents is 1. The average molecular weight is 301 g/mol. The minimum absolute atomic E-state index is 0.0175. The van der Waals surface area contributed by atoms with Gasteiger partial charge in [0.05, 0.1) is 23.8 Å². The number of hydrogen-bond acceptors (Lipinski definition) is 4. The first kappa shape index (κ1) is 16.0. The van der Waals surface area contributed by atoms with Gasteiger partial charge in [-0.05, 0) is 31.2 Å². The van der Waals surface area contributed by atoms with Crippen molar-refractivity contribution in [1.82, 2.24) is 4.90 Å². The van der Waals surface area contributed by atoms with Crippen LogP contribution in [0.5, 0.6) is 0 Å². The Morgan fingerprint density at radius 1 is 1.45 bits per heavy atom. The molecule has 0 heterocycles. The second kappa shape index (κ2) is 7.03. The molecule has 2 rings (SSSR count). The number of carbonyl (C=O) groups excluding carboxylic acids is 1. The van der Waals surface area contributed by atoms with Crippen LogP contribution in [0, 0.1) is 27.4 Å². The lowest BCUT2D eigenvalue weighted by Gasteiger charge is -2.29. The molecule has 0 bridgehead atoms. The Morgan fingerprint density at radius 2 is 2.09 bits per heavy atom. The van der Waals surface area contributed by atoms with Gasteiger partial charge < -0.3 is 4.90 Å². The Hall–Kier alpha value is -2.42. The summed E-state index contributed by atoms with van der Waals surface area (Å²) in [6, 6.07) is 8.28. The highest BCUT2D eigenvalue weighted by Crippen LogP contribution is 2.35. The second-order valence-electron chi connectivity index (χ2n) is 5.67. The molecule has 0 unspecified atom stereocenters. The largest absolute Gasteiger partial charge is 0.338 e. The lowest BCUT2D eigenvalue weighted by Crippen LogP contribution is -2.41. The van der Waals surface area contributed by atoms with E-state index >= 15 is 0 Å². The Bertz CT molecular complexity index is 588. The van der Waals surface area contributed by atoms with Gasteiger partial charge >= 0.3 is 0 Å². The predicted octanol–water partition coefficient (Wildman–Crippen LogP) is 2.68. The van der Waals surface area contributed by atoms with Crippen molar-refractivity contribution in [3.8, 4) is 6.07 Å². The highest BCUT2D eigenvalue weighted by atomic mass is 16.6. The van der Waals surface area contributed by atoms with Crippen molar-refractivity contribution < 1.29 is 9.72 Å². The number of amides is 1. The molecule has 0 aliphatic heterocycles. The average Bonchev–Trinajstić information content (AvgIpc) is 3.32. The standard InChI is InChI=1S/C16H19N3O3/c1-12(14-5-6-14)18(10-2-9-17)16(20)11-13-3-7-15(8-4-13)19(21)22/h3-4,7-8,12,14H,2,5-6,10-11H2,1H3/t12-/m0/s1. The molecule has 1 aliphatic carbocycles. The fourth-order valence-corrected chi connectivity index (χ4v) is 2.57. The van der Waals surface area contributed by atoms with Crippen LogP contribution in [0.15, 0.2) is 24.3 Å². The molecule has 1 aromatic rings. The van der Waals surface area contributed by atoms with Gasteiger partial charge in [-0.3, -0.25) is 14.9 Å². The van der Waals surface area contributed by atoms with Crippen molar-refractivity contribution in [3.63, 3.8) is 0 Å². The number of benzene rings is 1. The molecule has 0 N–H and O–H groups in total. The number of rotatable bonds is 7. The molecule has 116 valence electrons. The number of nitro groups is 1. The third kappa shape index (κ3) is 4.04. The van der Waals surface area contributed by atoms with Gasteiger partial charge in [0.15, 0.2) is 0 Å². The van der Waals surface area contributed by atoms with E-state index in [1.165, 1.54) is 12.1 Å². The zero-order valence-electron chi connectivity index (χ0n) is 12.6. The van der Waals surface area contributed by atoms with Gasteiger partial charge in [-0.2, -0.15) is 5.26 Å². The quantitative estimate of drug-likeness (QED) is 0.572. The summed E-state index contributed by atoms with van der Waals surface area (Å²) in [5.41, 5.74) is 0.768. The van der Waals surface area contributed by atoms with Crippen molar-refractivity contribution in [2.75, 3.05) is 6.54 Å². The molecule has 1 saturated carbocycles. The van der Waals surface area contributed by atoms with Crippen LogP contribution in [0.4, 0.5) is 5.69 Å². The first-order valence-electron chi connectivity index (χ1n) is 7.42. The number of nitrogens with zero attached hydrogens (tertiary/aromatic N) is 3. The van der Waals surface area contributed by atoms with Crippen LogP contribution in [0.1, 0.15) is 31.7 Å². The number of non-ortho nitro benzene ring substituents is 1. The minimum atomic E-state index is -0.458. The van der Waals surface area contributed by atoms with Gasteiger partial charge in [0.1, 0.15) is 0 Å². The van der Waals surface area contributed by atoms with Crippen LogP contribution >= 0.6 is 0 Å². The van der Waals surface area contributed by atoms with E-state index < -0.39 is 4.92 Å². The maximum atomic E-state index is 12.5. The molecule has 0 aromatic heterocycles. The van der Waals surface area contributed by atoms with Crippen LogP contribution in [0.2, 0.25) is 0 Å². The molecule has 0 radical (unpaired) electrons. The lowest BCUT2D eigenvalue weighted by atomic mass is 10.1. The van der Waals surface area contributed by atoms with Gasteiger partial charge in [0, 0.05) is 24.7 Å². The van der Waals surface area contributed by atoms with E-state index in [9.17, 15) is 14.9 Å². The summed E-state index contributed by atoms with van der Waals surface area (Å²) in [5.74, 6) is 0.517. The SMILES string of the molecule is C[C@@H](C1CC1)N(CCC#N)C(=O)Cc1ccc([N+](=O)[O-])cc1. The molecule has 22 heavy (non-hydrogen) atoms. The van der Waals surface area contributed by atoms with Crippen LogP contribution in [0.3, 0.4) is 0 Å². The van der Waals surface area contributed by atoms with Gasteiger partial charge in [-0.1, -0.05) is 12.1 Å². The molecular formula is C16H19N3O3. The maximum absolute atomic E-state index is 12.5. The third-order valence-electron chi connectivity index (χ3n) is 4.08. The smallest absolute Gasteiger partial charge is 0.269 e. The van der Waals surface area contributed by atoms with Crippen molar-refractivity contribution in [1.29, 1.82) is 5.26 Å². The fourth-order valence-electron chi connectivity index (χ4n) is 2.57. The van der Waals surface area contributed by atoms with E-state index in [1.54, 1.807) is 17.0 Å². The predicted molar refractivity (Wildman–Crippen MR) is 80.9 cm³/mol. The Kier molecular flexibility index (Phi) is 5.10. The molecule has 1 amide bonds. The summed E-state index contributed by atoms with van der Waals surface area (Å²) >= 11 is 0. The molecule has 1 atom stereocenters. The first-order chi connectivity index (χ1) is 10.5. The van der Waals surface area contributed by atoms with E-state index in [0.717, 1.165) is 18.4 Å². The van der Waals surface area contributed by atoms with E-state index in [-0.39, 0.29) is 24.1 Å². The summed E-state index contributed by atoms with van der Waals surface area (Å²) in [4.78, 5) is 24.4. The van der Waals surface area contributed by atoms with Crippen molar-refractivity contribution in [2.45, 2.75) is 38.6 Å². The van der Waals surface area contributed by atoms with E-state index in [2.05, 4.69) is 6.07 Å². The van der Waals surface area contributed by atoms with E-state index in [4.69, 9.17) is 5.26 Å². The zero-order chi connectivity index (χ0) is 16.1. The van der Waals surface area contributed by atoms with E-state index in [1.807, 2.05) is 6.92 Å². The van der Waals surface area contributed by atoms with Crippen LogP contribution in [-0.4, -0.2) is 28.3 Å². The number of hydrogen-bond donors (Lipinski definition) is 0. The zero-order valence-corrected chi connectivity index (χ0v) is 12.6. The van der Waals surface area contributed by atoms with Gasteiger partial charge in [-0.15, -0.1) is 0 Å². The first-order valence-corrected chi connectivity index (χ1v) is 7.42. The Morgan fingerprint density at radius 3 is 2.59 bits per heavy atom. The van der Waals surface area contributed by atoms with Crippen molar-refractivity contribution in [3.05, 3.63) is 39.9 Å². The number of nitriles is 1. The summed E-state index contributed by atoms with van der Waals surface area (Å²) in [5, 5.41) is 19.4. The summed E-state index contributed by atoms with van der Waals surface area (Å²) < 4.78 is 0. The molecule has 1 fully saturated rings. The van der Waals surface area contributed by atoms with Crippen LogP contribution < -0.4 is 0 Å². The van der Waals surface area contributed by atoms with Gasteiger partial charge in [0.25, 0.3) is 5.69 Å². The molecular weight excluding hydrogens is 282 g/mol. The van der Waals surface area contributed by atoms with Crippen LogP contribution in [0.25, 0.3) is 0 Å². The summed E-state index contributed by atoms with van der Waals surface area (Å²) in [6.45, 7) is 2.47. The Labute approximate surface area is 129 Å². The van der Waals surface area contributed by atoms with Crippen molar-refractivity contribution >= 4 is 11.6 Å². The summed E-state index contributed by atoms with van der Waals surface area (Å²) in [6.07, 6.45) is 2.80. The van der Waals surface area contributed by atoms with E-state index in [0.29, 0.717) is 18.9 Å². The van der Waals surface area contributed by atoms with Gasteiger partial charge in [0.2, 0.25) is 5.91 Å². The molecule has 1 aromatic carbocycles. The normalized spacial score (nSPS) is 14.9. The third-order valence-corrected chi connectivity index (χ3v) is 4.08. The molecule has 0 saturated heterocycles. The second-order valence-corrected chi connectivity index (χ2v) is 5.67. The van der Waals surface area contributed by atoms with Crippen molar-refractivity contribution in [2.24, 2.45) is 5.92 Å². The highest BCUT2D eigenvalue weighted by Gasteiger charge is 2.33. The van der Waals surface area contributed by atoms with Gasteiger partial charge in [-0.25, -0.2) is 0 Å². The minimum Gasteiger partial charge on any atom is -0.338 e.